The van der Waals surface area contributed by atoms with Crippen LogP contribution >= 0.6 is 0 Å². The maximum atomic E-state index is 12.4. The molecule has 1 amide bonds. The summed E-state index contributed by atoms with van der Waals surface area (Å²) in [6.07, 6.45) is 1.14. The number of aromatic nitrogens is 4. The van der Waals surface area contributed by atoms with Gasteiger partial charge in [-0.15, -0.1) is 5.10 Å². The van der Waals surface area contributed by atoms with Crippen molar-refractivity contribution >= 4 is 27.2 Å². The third-order valence-corrected chi connectivity index (χ3v) is 4.81. The first-order chi connectivity index (χ1) is 11.6. The van der Waals surface area contributed by atoms with Gasteiger partial charge in [-0.25, -0.2) is 17.9 Å². The topological polar surface area (TPSA) is 106 Å². The zero-order chi connectivity index (χ0) is 18.4. The number of hydrogen-bond donors (Lipinski definition) is 1. The molecule has 2 heterocycles. The Morgan fingerprint density at radius 2 is 1.84 bits per heavy atom. The third kappa shape index (κ3) is 3.36. The summed E-state index contributed by atoms with van der Waals surface area (Å²) in [4.78, 5) is 21.0. The Hall–Kier alpha value is -2.81. The molecule has 0 saturated carbocycles. The normalized spacial score (nSPS) is 11.7. The summed E-state index contributed by atoms with van der Waals surface area (Å²) in [6.45, 7) is 5.41. The number of carbonyl (C=O) groups excluding carboxylic acids is 1. The predicted octanol–water partition coefficient (Wildman–Crippen LogP) is 1.71. The highest BCUT2D eigenvalue weighted by atomic mass is 32.2. The Balaban J connectivity index is 1.91. The molecule has 1 aromatic carbocycles. The Kier molecular flexibility index (Phi) is 4.03. The van der Waals surface area contributed by atoms with E-state index in [-0.39, 0.29) is 10.7 Å². The van der Waals surface area contributed by atoms with Gasteiger partial charge in [0, 0.05) is 23.3 Å². The van der Waals surface area contributed by atoms with Crippen molar-refractivity contribution in [3.63, 3.8) is 0 Å². The van der Waals surface area contributed by atoms with Gasteiger partial charge in [0.05, 0.1) is 4.90 Å². The molecule has 3 aromatic rings. The number of amides is 1. The highest BCUT2D eigenvalue weighted by molar-refractivity contribution is 7.90. The van der Waals surface area contributed by atoms with Gasteiger partial charge in [0.15, 0.2) is 9.84 Å². The van der Waals surface area contributed by atoms with Crippen LogP contribution in [0, 0.1) is 20.8 Å². The minimum atomic E-state index is -3.30. The van der Waals surface area contributed by atoms with E-state index in [1.165, 1.54) is 16.6 Å². The summed E-state index contributed by atoms with van der Waals surface area (Å²) < 4.78 is 24.7. The van der Waals surface area contributed by atoms with Crippen molar-refractivity contribution in [1.29, 1.82) is 0 Å². The van der Waals surface area contributed by atoms with Gasteiger partial charge >= 0.3 is 0 Å². The van der Waals surface area contributed by atoms with E-state index in [2.05, 4.69) is 20.4 Å². The maximum absolute atomic E-state index is 12.4. The molecular formula is C16H17N5O3S. The van der Waals surface area contributed by atoms with E-state index in [1.54, 1.807) is 13.0 Å². The Bertz CT molecular complexity index is 1100. The molecule has 0 atom stereocenters. The molecule has 0 aliphatic heterocycles. The number of fused-ring (bicyclic) bond motifs is 1. The summed E-state index contributed by atoms with van der Waals surface area (Å²) in [7, 11) is -3.30. The second-order valence-corrected chi connectivity index (χ2v) is 7.90. The molecule has 2 aromatic heterocycles. The SMILES string of the molecule is Cc1cc(C)n2nc(C(=O)Nc3ccc(S(C)(=O)=O)cc3C)nc2n1. The summed E-state index contributed by atoms with van der Waals surface area (Å²) in [5.41, 5.74) is 2.74. The number of benzene rings is 1. The van der Waals surface area contributed by atoms with Crippen LogP contribution in [0.3, 0.4) is 0 Å². The summed E-state index contributed by atoms with van der Waals surface area (Å²) in [6, 6.07) is 6.35. The molecule has 0 bridgehead atoms. The molecule has 0 unspecified atom stereocenters. The molecule has 0 aliphatic rings. The average molecular weight is 359 g/mol. The summed E-state index contributed by atoms with van der Waals surface area (Å²) >= 11 is 0. The highest BCUT2D eigenvalue weighted by Gasteiger charge is 2.17. The van der Waals surface area contributed by atoms with Crippen molar-refractivity contribution in [1.82, 2.24) is 19.6 Å². The lowest BCUT2D eigenvalue weighted by molar-refractivity contribution is 0.101. The zero-order valence-corrected chi connectivity index (χ0v) is 15.0. The largest absolute Gasteiger partial charge is 0.319 e. The van der Waals surface area contributed by atoms with Gasteiger partial charge in [0.2, 0.25) is 5.82 Å². The summed E-state index contributed by atoms with van der Waals surface area (Å²) in [5.74, 6) is -0.141. The second-order valence-electron chi connectivity index (χ2n) is 5.89. The van der Waals surface area contributed by atoms with E-state index < -0.39 is 15.7 Å². The van der Waals surface area contributed by atoms with Crippen molar-refractivity contribution in [2.75, 3.05) is 11.6 Å². The fourth-order valence-corrected chi connectivity index (χ4v) is 3.15. The molecule has 25 heavy (non-hydrogen) atoms. The molecule has 0 radical (unpaired) electrons. The fourth-order valence-electron chi connectivity index (χ4n) is 2.45. The standard InChI is InChI=1S/C16H17N5O3S/c1-9-7-12(25(4,23)24)5-6-13(9)18-15(22)14-19-16-17-10(2)8-11(3)21(16)20-14/h5-8H,1-4H3,(H,18,22). The zero-order valence-electron chi connectivity index (χ0n) is 14.2. The molecule has 8 nitrogen and oxygen atoms in total. The Labute approximate surface area is 144 Å². The third-order valence-electron chi connectivity index (χ3n) is 3.70. The van der Waals surface area contributed by atoms with Gasteiger partial charge in [0.25, 0.3) is 11.7 Å². The quantitative estimate of drug-likeness (QED) is 0.763. The van der Waals surface area contributed by atoms with E-state index >= 15 is 0 Å². The molecule has 130 valence electrons. The monoisotopic (exact) mass is 359 g/mol. The molecule has 0 spiro atoms. The number of sulfone groups is 1. The molecule has 3 rings (SSSR count). The van der Waals surface area contributed by atoms with Gasteiger partial charge in [-0.1, -0.05) is 0 Å². The van der Waals surface area contributed by atoms with E-state index in [1.807, 2.05) is 19.9 Å². The number of carbonyl (C=O) groups is 1. The molecular weight excluding hydrogens is 342 g/mol. The van der Waals surface area contributed by atoms with Crippen molar-refractivity contribution in [3.8, 4) is 0 Å². The number of anilines is 1. The maximum Gasteiger partial charge on any atom is 0.295 e. The Morgan fingerprint density at radius 1 is 1.12 bits per heavy atom. The number of nitrogens with zero attached hydrogens (tertiary/aromatic N) is 4. The average Bonchev–Trinajstić information content (AvgIpc) is 2.92. The van der Waals surface area contributed by atoms with Crippen molar-refractivity contribution < 1.29 is 13.2 Å². The van der Waals surface area contributed by atoms with Gasteiger partial charge in [-0.05, 0) is 50.6 Å². The van der Waals surface area contributed by atoms with Gasteiger partial charge in [-0.2, -0.15) is 4.98 Å². The first kappa shape index (κ1) is 17.0. The number of nitrogens with one attached hydrogen (secondary N) is 1. The molecule has 1 N–H and O–H groups in total. The van der Waals surface area contributed by atoms with Crippen LogP contribution in [-0.2, 0) is 9.84 Å². The van der Waals surface area contributed by atoms with Crippen LogP contribution in [0.4, 0.5) is 5.69 Å². The lowest BCUT2D eigenvalue weighted by atomic mass is 10.2. The first-order valence-electron chi connectivity index (χ1n) is 7.48. The van der Waals surface area contributed by atoms with Gasteiger partial charge < -0.3 is 5.32 Å². The predicted molar refractivity (Wildman–Crippen MR) is 92.5 cm³/mol. The van der Waals surface area contributed by atoms with Crippen LogP contribution in [0.2, 0.25) is 0 Å². The lowest BCUT2D eigenvalue weighted by Crippen LogP contribution is -2.15. The molecule has 9 heteroatoms. The molecule has 0 aliphatic carbocycles. The van der Waals surface area contributed by atoms with Gasteiger partial charge in [0.1, 0.15) is 0 Å². The van der Waals surface area contributed by atoms with Crippen molar-refractivity contribution in [3.05, 3.63) is 47.0 Å². The number of hydrogen-bond acceptors (Lipinski definition) is 6. The van der Waals surface area contributed by atoms with Crippen LogP contribution in [0.25, 0.3) is 5.78 Å². The number of aryl methyl sites for hydroxylation is 3. The summed E-state index contributed by atoms with van der Waals surface area (Å²) in [5, 5.41) is 6.87. The highest BCUT2D eigenvalue weighted by Crippen LogP contribution is 2.20. The number of rotatable bonds is 3. The van der Waals surface area contributed by atoms with Crippen molar-refractivity contribution in [2.24, 2.45) is 0 Å². The molecule has 0 fully saturated rings. The minimum absolute atomic E-state index is 0.00668. The fraction of sp³-hybridized carbons (Fsp3) is 0.250. The van der Waals surface area contributed by atoms with E-state index in [0.29, 0.717) is 17.0 Å². The van der Waals surface area contributed by atoms with Crippen LogP contribution in [0.5, 0.6) is 0 Å². The Morgan fingerprint density at radius 3 is 2.48 bits per heavy atom. The smallest absolute Gasteiger partial charge is 0.295 e. The van der Waals surface area contributed by atoms with Crippen molar-refractivity contribution in [2.45, 2.75) is 25.7 Å². The van der Waals surface area contributed by atoms with Crippen LogP contribution in [0.15, 0.2) is 29.2 Å². The van der Waals surface area contributed by atoms with Crippen LogP contribution < -0.4 is 5.32 Å². The van der Waals surface area contributed by atoms with Gasteiger partial charge in [-0.3, -0.25) is 4.79 Å². The van der Waals surface area contributed by atoms with E-state index in [0.717, 1.165) is 17.6 Å². The van der Waals surface area contributed by atoms with E-state index in [4.69, 9.17) is 0 Å². The first-order valence-corrected chi connectivity index (χ1v) is 9.37. The van der Waals surface area contributed by atoms with Crippen LogP contribution in [-0.4, -0.2) is 40.2 Å². The lowest BCUT2D eigenvalue weighted by Gasteiger charge is -2.08. The van der Waals surface area contributed by atoms with E-state index in [9.17, 15) is 13.2 Å². The minimum Gasteiger partial charge on any atom is -0.319 e. The second kappa shape index (κ2) is 5.92. The molecule has 0 saturated heterocycles. The van der Waals surface area contributed by atoms with Crippen LogP contribution in [0.1, 0.15) is 27.6 Å².